The van der Waals surface area contributed by atoms with Crippen LogP contribution in [-0.2, 0) is 16.2 Å². The summed E-state index contributed by atoms with van der Waals surface area (Å²) in [4.78, 5) is 25.7. The molecule has 5 heteroatoms. The third kappa shape index (κ3) is 3.32. The molecule has 136 valence electrons. The fourth-order valence-corrected chi connectivity index (χ4v) is 4.97. The monoisotopic (exact) mass is 343 g/mol. The molecule has 1 aliphatic carbocycles. The van der Waals surface area contributed by atoms with Crippen LogP contribution < -0.4 is 0 Å². The lowest BCUT2D eigenvalue weighted by Crippen LogP contribution is -2.45. The molecule has 2 atom stereocenters. The molecule has 1 aromatic rings. The predicted octanol–water partition coefficient (Wildman–Crippen LogP) is 2.94. The number of aryl methyl sites for hydroxylation is 1. The van der Waals surface area contributed by atoms with Crippen molar-refractivity contribution in [2.45, 2.75) is 52.0 Å². The molecule has 2 saturated heterocycles. The van der Waals surface area contributed by atoms with Gasteiger partial charge in [-0.2, -0.15) is 0 Å². The van der Waals surface area contributed by atoms with Crippen molar-refractivity contribution in [3.8, 4) is 0 Å². The third-order valence-corrected chi connectivity index (χ3v) is 6.41. The van der Waals surface area contributed by atoms with Crippen LogP contribution in [0.25, 0.3) is 0 Å². The molecule has 4 rings (SSSR count). The van der Waals surface area contributed by atoms with Gasteiger partial charge in [-0.25, -0.2) is 5.06 Å². The highest BCUT2D eigenvalue weighted by atomic mass is 16.7. The number of amides is 1. The summed E-state index contributed by atoms with van der Waals surface area (Å²) >= 11 is 0. The molecule has 1 saturated carbocycles. The largest absolute Gasteiger partial charge is 0.297 e. The number of carbonyl (C=O) groups excluding carboxylic acids is 1. The minimum Gasteiger partial charge on any atom is -0.297 e. The number of nitrogens with zero attached hydrogens (tertiary/aromatic N) is 3. The Bertz CT molecular complexity index is 629. The molecule has 5 nitrogen and oxygen atoms in total. The molecule has 3 fully saturated rings. The summed E-state index contributed by atoms with van der Waals surface area (Å²) in [6, 6.07) is 4.12. The smallest absolute Gasteiger partial charge is 0.249 e. The van der Waals surface area contributed by atoms with Crippen molar-refractivity contribution < 1.29 is 9.63 Å². The summed E-state index contributed by atoms with van der Waals surface area (Å²) in [5, 5.41) is 1.67. The number of hydrogen-bond acceptors (Lipinski definition) is 4. The Morgan fingerprint density at radius 1 is 1.32 bits per heavy atom. The van der Waals surface area contributed by atoms with Crippen molar-refractivity contribution in [3.05, 3.63) is 29.6 Å². The molecule has 1 amide bonds. The van der Waals surface area contributed by atoms with Crippen molar-refractivity contribution in [1.82, 2.24) is 14.9 Å². The van der Waals surface area contributed by atoms with E-state index in [0.717, 1.165) is 51.9 Å². The number of aromatic nitrogens is 1. The second-order valence-electron chi connectivity index (χ2n) is 8.02. The average Bonchev–Trinajstić information content (AvgIpc) is 3.24. The van der Waals surface area contributed by atoms with E-state index >= 15 is 0 Å². The number of hydrogen-bond donors (Lipinski definition) is 0. The van der Waals surface area contributed by atoms with E-state index in [1.165, 1.54) is 24.1 Å². The first kappa shape index (κ1) is 17.0. The van der Waals surface area contributed by atoms with Crippen molar-refractivity contribution in [1.29, 1.82) is 0 Å². The normalized spacial score (nSPS) is 30.3. The second-order valence-corrected chi connectivity index (χ2v) is 8.02. The van der Waals surface area contributed by atoms with Gasteiger partial charge in [-0.3, -0.25) is 19.5 Å². The van der Waals surface area contributed by atoms with Crippen LogP contribution in [0.2, 0.25) is 0 Å². The van der Waals surface area contributed by atoms with E-state index in [2.05, 4.69) is 22.9 Å². The molecule has 2 aliphatic heterocycles. The highest BCUT2D eigenvalue weighted by molar-refractivity contribution is 5.79. The molecule has 3 aliphatic rings. The Hall–Kier alpha value is -1.46. The van der Waals surface area contributed by atoms with Gasteiger partial charge < -0.3 is 0 Å². The Labute approximate surface area is 150 Å². The van der Waals surface area contributed by atoms with Gasteiger partial charge in [-0.05, 0) is 62.6 Å². The molecule has 3 heterocycles. The highest BCUT2D eigenvalue weighted by Crippen LogP contribution is 2.50. The first-order valence-corrected chi connectivity index (χ1v) is 9.75. The number of likely N-dealkylation sites (tertiary alicyclic amines) is 1. The number of hydroxylamine groups is 2. The van der Waals surface area contributed by atoms with Crippen LogP contribution in [0.1, 0.15) is 49.8 Å². The van der Waals surface area contributed by atoms with Gasteiger partial charge in [0.1, 0.15) is 0 Å². The van der Waals surface area contributed by atoms with Gasteiger partial charge in [-0.15, -0.1) is 0 Å². The summed E-state index contributed by atoms with van der Waals surface area (Å²) in [6.07, 6.45) is 8.50. The van der Waals surface area contributed by atoms with Gasteiger partial charge in [-0.1, -0.05) is 12.5 Å². The maximum atomic E-state index is 13.1. The fraction of sp³-hybridized carbons (Fsp3) is 0.700. The average molecular weight is 343 g/mol. The minimum absolute atomic E-state index is 0.139. The van der Waals surface area contributed by atoms with E-state index in [1.54, 1.807) is 5.06 Å². The molecule has 25 heavy (non-hydrogen) atoms. The van der Waals surface area contributed by atoms with Gasteiger partial charge in [0.25, 0.3) is 0 Å². The summed E-state index contributed by atoms with van der Waals surface area (Å²) < 4.78 is 0. The molecular weight excluding hydrogens is 314 g/mol. The molecule has 0 radical (unpaired) electrons. The summed E-state index contributed by atoms with van der Waals surface area (Å²) in [6.45, 7) is 6.58. The van der Waals surface area contributed by atoms with E-state index < -0.39 is 0 Å². The second kappa shape index (κ2) is 7.04. The van der Waals surface area contributed by atoms with Crippen molar-refractivity contribution >= 4 is 5.91 Å². The Morgan fingerprint density at radius 2 is 2.24 bits per heavy atom. The van der Waals surface area contributed by atoms with E-state index in [9.17, 15) is 4.79 Å². The fourth-order valence-electron chi connectivity index (χ4n) is 4.97. The Kier molecular flexibility index (Phi) is 4.78. The third-order valence-electron chi connectivity index (χ3n) is 6.41. The van der Waals surface area contributed by atoms with Crippen LogP contribution in [0.15, 0.2) is 18.3 Å². The molecule has 0 aromatic carbocycles. The lowest BCUT2D eigenvalue weighted by molar-refractivity contribution is -0.204. The standard InChI is InChI=1S/C20H29N3O2/c1-16-6-5-10-21-18(16)14-22-12-9-20(15-22)8-4-7-17(20)19(24)23-11-2-3-13-25-23/h5-6,10,17H,2-4,7-9,11-15H2,1H3/t17-,20+/m0/s1. The summed E-state index contributed by atoms with van der Waals surface area (Å²) in [7, 11) is 0. The highest BCUT2D eigenvalue weighted by Gasteiger charge is 2.51. The van der Waals surface area contributed by atoms with E-state index in [-0.39, 0.29) is 17.2 Å². The molecule has 0 bridgehead atoms. The van der Waals surface area contributed by atoms with Gasteiger partial charge in [0, 0.05) is 31.7 Å². The molecule has 1 spiro atoms. The van der Waals surface area contributed by atoms with Crippen molar-refractivity contribution in [2.75, 3.05) is 26.2 Å². The van der Waals surface area contributed by atoms with Gasteiger partial charge in [0.05, 0.1) is 12.3 Å². The summed E-state index contributed by atoms with van der Waals surface area (Å²) in [5.74, 6) is 0.383. The van der Waals surface area contributed by atoms with Crippen LogP contribution in [0.3, 0.4) is 0 Å². The quantitative estimate of drug-likeness (QED) is 0.846. The number of rotatable bonds is 3. The molecule has 0 N–H and O–H groups in total. The van der Waals surface area contributed by atoms with Crippen LogP contribution in [0, 0.1) is 18.3 Å². The van der Waals surface area contributed by atoms with Crippen molar-refractivity contribution in [3.63, 3.8) is 0 Å². The van der Waals surface area contributed by atoms with Gasteiger partial charge in [0.2, 0.25) is 5.91 Å². The maximum absolute atomic E-state index is 13.1. The lowest BCUT2D eigenvalue weighted by atomic mass is 9.76. The minimum atomic E-state index is 0.139. The number of pyridine rings is 1. The van der Waals surface area contributed by atoms with Crippen LogP contribution in [-0.4, -0.2) is 47.1 Å². The van der Waals surface area contributed by atoms with E-state index in [4.69, 9.17) is 4.84 Å². The molecular formula is C20H29N3O2. The van der Waals surface area contributed by atoms with Crippen LogP contribution in [0.5, 0.6) is 0 Å². The molecule has 1 aromatic heterocycles. The first-order valence-electron chi connectivity index (χ1n) is 9.75. The molecule has 0 unspecified atom stereocenters. The van der Waals surface area contributed by atoms with Gasteiger partial charge >= 0.3 is 0 Å². The Balaban J connectivity index is 1.44. The van der Waals surface area contributed by atoms with E-state index in [0.29, 0.717) is 6.61 Å². The zero-order chi connectivity index (χ0) is 17.3. The van der Waals surface area contributed by atoms with Crippen LogP contribution in [0.4, 0.5) is 0 Å². The van der Waals surface area contributed by atoms with Gasteiger partial charge in [0.15, 0.2) is 0 Å². The van der Waals surface area contributed by atoms with Crippen LogP contribution >= 0.6 is 0 Å². The lowest BCUT2D eigenvalue weighted by Gasteiger charge is -2.35. The van der Waals surface area contributed by atoms with Crippen molar-refractivity contribution in [2.24, 2.45) is 11.3 Å². The van der Waals surface area contributed by atoms with E-state index in [1.807, 2.05) is 12.3 Å². The summed E-state index contributed by atoms with van der Waals surface area (Å²) in [5.41, 5.74) is 2.57. The Morgan fingerprint density at radius 3 is 3.04 bits per heavy atom. The SMILES string of the molecule is Cc1cccnc1CN1CC[C@]2(CCC[C@H]2C(=O)N2CCCCO2)C1. The first-order chi connectivity index (χ1) is 12.2. The topological polar surface area (TPSA) is 45.7 Å². The zero-order valence-electron chi connectivity index (χ0n) is 15.2. The maximum Gasteiger partial charge on any atom is 0.249 e. The predicted molar refractivity (Wildman–Crippen MR) is 95.5 cm³/mol. The zero-order valence-corrected chi connectivity index (χ0v) is 15.2. The number of carbonyl (C=O) groups is 1.